The largest absolute Gasteiger partial charge is 0.346 e. The fraction of sp³-hybridized carbons (Fsp3) is 0.500. The number of aromatic nitrogens is 1. The topological polar surface area (TPSA) is 72.3 Å². The maximum absolute atomic E-state index is 11.7. The molecule has 3 rings (SSSR count). The predicted molar refractivity (Wildman–Crippen MR) is 118 cm³/mol. The summed E-state index contributed by atoms with van der Waals surface area (Å²) in [7, 11) is 2.16. The van der Waals surface area contributed by atoms with Crippen LogP contribution in [0.2, 0.25) is 0 Å². The Kier molecular flexibility index (Phi) is 7.62. The number of hydrogen-bond donors (Lipinski definition) is 1. The molecule has 154 valence electrons. The summed E-state index contributed by atoms with van der Waals surface area (Å²) >= 11 is 1.72. The van der Waals surface area contributed by atoms with Gasteiger partial charge in [-0.15, -0.1) is 11.3 Å². The highest BCUT2D eigenvalue weighted by Gasteiger charge is 2.17. The summed E-state index contributed by atoms with van der Waals surface area (Å²) in [6.07, 6.45) is 2.20. The van der Waals surface area contributed by atoms with Gasteiger partial charge in [-0.3, -0.25) is 4.79 Å². The third-order valence-electron chi connectivity index (χ3n) is 5.30. The van der Waals surface area contributed by atoms with Crippen molar-refractivity contribution in [3.63, 3.8) is 0 Å². The second-order valence-electron chi connectivity index (χ2n) is 7.79. The van der Waals surface area contributed by atoms with Crippen LogP contribution in [0, 0.1) is 17.2 Å². The van der Waals surface area contributed by atoms with Crippen LogP contribution < -0.4 is 10.2 Å². The summed E-state index contributed by atoms with van der Waals surface area (Å²) < 4.78 is 0. The Bertz CT molecular complexity index is 851. The summed E-state index contributed by atoms with van der Waals surface area (Å²) in [5.74, 6) is 0.348. The Labute approximate surface area is 177 Å². The van der Waals surface area contributed by atoms with Gasteiger partial charge in [0.15, 0.2) is 5.13 Å². The molecule has 1 aliphatic heterocycles. The van der Waals surface area contributed by atoms with Gasteiger partial charge in [0.2, 0.25) is 5.91 Å². The molecular weight excluding hydrogens is 382 g/mol. The number of nitrogens with zero attached hydrogens (tertiary/aromatic N) is 4. The van der Waals surface area contributed by atoms with Crippen molar-refractivity contribution in [2.75, 3.05) is 44.7 Å². The van der Waals surface area contributed by atoms with E-state index in [1.54, 1.807) is 11.3 Å². The number of carbonyl (C=O) groups is 1. The van der Waals surface area contributed by atoms with Crippen molar-refractivity contribution in [1.29, 1.82) is 5.26 Å². The molecule has 29 heavy (non-hydrogen) atoms. The number of benzene rings is 1. The molecule has 7 heteroatoms. The molecule has 1 aliphatic rings. The van der Waals surface area contributed by atoms with Gasteiger partial charge in [-0.2, -0.15) is 5.26 Å². The average Bonchev–Trinajstić information content (AvgIpc) is 3.22. The number of amides is 1. The first-order chi connectivity index (χ1) is 14.0. The van der Waals surface area contributed by atoms with Crippen molar-refractivity contribution in [3.05, 3.63) is 35.2 Å². The predicted octanol–water partition coefficient (Wildman–Crippen LogP) is 3.16. The van der Waals surface area contributed by atoms with Crippen molar-refractivity contribution in [2.24, 2.45) is 5.92 Å². The molecule has 1 fully saturated rings. The van der Waals surface area contributed by atoms with Crippen LogP contribution in [0.5, 0.6) is 0 Å². The number of likely N-dealkylation sites (N-methyl/N-ethyl adjacent to an activating group) is 1. The monoisotopic (exact) mass is 411 g/mol. The molecule has 0 saturated carbocycles. The summed E-state index contributed by atoms with van der Waals surface area (Å²) in [5, 5.41) is 14.4. The molecular formula is C22H29N5OS. The Morgan fingerprint density at radius 3 is 2.90 bits per heavy atom. The van der Waals surface area contributed by atoms with Gasteiger partial charge in [-0.1, -0.05) is 25.1 Å². The van der Waals surface area contributed by atoms with Crippen molar-refractivity contribution < 1.29 is 4.79 Å². The van der Waals surface area contributed by atoms with E-state index in [4.69, 9.17) is 10.2 Å². The van der Waals surface area contributed by atoms with Crippen molar-refractivity contribution in [2.45, 2.75) is 26.2 Å². The number of piperazine rings is 1. The fourth-order valence-electron chi connectivity index (χ4n) is 3.51. The minimum Gasteiger partial charge on any atom is -0.346 e. The van der Waals surface area contributed by atoms with Gasteiger partial charge in [0.1, 0.15) is 6.54 Å². The number of nitrogens with one attached hydrogen (secondary N) is 1. The standard InChI is InChI=1S/C22H29N5OS/c1-17(6-7-21(28)24-9-8-23)14-18-4-3-5-19(15-18)20-16-29-22(25-20)27-12-10-26(2)11-13-27/h3-5,15-17H,6-7,9-14H2,1-2H3,(H,24,28). The lowest BCUT2D eigenvalue weighted by atomic mass is 9.95. The van der Waals surface area contributed by atoms with Crippen LogP contribution in [-0.2, 0) is 11.2 Å². The quantitative estimate of drug-likeness (QED) is 0.676. The summed E-state index contributed by atoms with van der Waals surface area (Å²) in [5.41, 5.74) is 3.45. The summed E-state index contributed by atoms with van der Waals surface area (Å²) in [6.45, 7) is 6.47. The Morgan fingerprint density at radius 1 is 1.34 bits per heavy atom. The molecule has 1 N–H and O–H groups in total. The minimum atomic E-state index is -0.0499. The third-order valence-corrected chi connectivity index (χ3v) is 6.20. The second kappa shape index (κ2) is 10.4. The number of carbonyl (C=O) groups excluding carboxylic acids is 1. The van der Waals surface area contributed by atoms with Gasteiger partial charge in [-0.05, 0) is 37.4 Å². The lowest BCUT2D eigenvalue weighted by Gasteiger charge is -2.32. The normalized spacial score (nSPS) is 15.7. The fourth-order valence-corrected chi connectivity index (χ4v) is 4.39. The van der Waals surface area contributed by atoms with E-state index in [-0.39, 0.29) is 12.5 Å². The highest BCUT2D eigenvalue weighted by molar-refractivity contribution is 7.14. The SMILES string of the molecule is CC(CCC(=O)NCC#N)Cc1cccc(-c2csc(N3CCN(C)CC3)n2)c1. The molecule has 2 aromatic rings. The molecule has 0 aliphatic carbocycles. The van der Waals surface area contributed by atoms with E-state index >= 15 is 0 Å². The van der Waals surface area contributed by atoms with Crippen molar-refractivity contribution in [3.8, 4) is 17.3 Å². The molecule has 0 bridgehead atoms. The van der Waals surface area contributed by atoms with Gasteiger partial charge in [0.25, 0.3) is 0 Å². The van der Waals surface area contributed by atoms with E-state index in [1.807, 2.05) is 6.07 Å². The second-order valence-corrected chi connectivity index (χ2v) is 8.63. The van der Waals surface area contributed by atoms with E-state index in [9.17, 15) is 4.79 Å². The van der Waals surface area contributed by atoms with E-state index < -0.39 is 0 Å². The van der Waals surface area contributed by atoms with Crippen LogP contribution in [0.4, 0.5) is 5.13 Å². The van der Waals surface area contributed by atoms with Gasteiger partial charge >= 0.3 is 0 Å². The molecule has 1 unspecified atom stereocenters. The maximum Gasteiger partial charge on any atom is 0.220 e. The van der Waals surface area contributed by atoms with Crippen LogP contribution in [0.1, 0.15) is 25.3 Å². The third kappa shape index (κ3) is 6.28. The Hall–Kier alpha value is -2.43. The number of anilines is 1. The lowest BCUT2D eigenvalue weighted by Crippen LogP contribution is -2.44. The van der Waals surface area contributed by atoms with Crippen LogP contribution in [0.3, 0.4) is 0 Å². The van der Waals surface area contributed by atoms with Gasteiger partial charge < -0.3 is 15.1 Å². The highest BCUT2D eigenvalue weighted by atomic mass is 32.1. The molecule has 1 saturated heterocycles. The average molecular weight is 412 g/mol. The lowest BCUT2D eigenvalue weighted by molar-refractivity contribution is -0.121. The Balaban J connectivity index is 1.57. The highest BCUT2D eigenvalue weighted by Crippen LogP contribution is 2.29. The van der Waals surface area contributed by atoms with E-state index in [2.05, 4.69) is 58.7 Å². The molecule has 2 heterocycles. The number of nitriles is 1. The van der Waals surface area contributed by atoms with Gasteiger partial charge in [0, 0.05) is 43.5 Å². The first-order valence-electron chi connectivity index (χ1n) is 10.2. The van der Waals surface area contributed by atoms with Crippen LogP contribution >= 0.6 is 11.3 Å². The van der Waals surface area contributed by atoms with E-state index in [0.29, 0.717) is 12.3 Å². The smallest absolute Gasteiger partial charge is 0.220 e. The zero-order chi connectivity index (χ0) is 20.6. The molecule has 1 aromatic heterocycles. The first kappa shape index (κ1) is 21.3. The van der Waals surface area contributed by atoms with E-state index in [0.717, 1.165) is 55.4 Å². The molecule has 1 atom stereocenters. The first-order valence-corrected chi connectivity index (χ1v) is 11.0. The summed E-state index contributed by atoms with van der Waals surface area (Å²) in [6, 6.07) is 10.5. The number of thiazole rings is 1. The number of hydrogen-bond acceptors (Lipinski definition) is 6. The Morgan fingerprint density at radius 2 is 2.14 bits per heavy atom. The molecule has 6 nitrogen and oxygen atoms in total. The van der Waals surface area contributed by atoms with Crippen LogP contribution in [0.15, 0.2) is 29.6 Å². The van der Waals surface area contributed by atoms with Crippen molar-refractivity contribution >= 4 is 22.4 Å². The zero-order valence-corrected chi connectivity index (χ0v) is 18.0. The van der Waals surface area contributed by atoms with Gasteiger partial charge in [0.05, 0.1) is 11.8 Å². The van der Waals surface area contributed by atoms with E-state index in [1.165, 1.54) is 5.56 Å². The number of rotatable bonds is 8. The minimum absolute atomic E-state index is 0.0499. The van der Waals surface area contributed by atoms with Crippen LogP contribution in [0.25, 0.3) is 11.3 Å². The zero-order valence-electron chi connectivity index (χ0n) is 17.2. The molecule has 1 amide bonds. The maximum atomic E-state index is 11.7. The van der Waals surface area contributed by atoms with Gasteiger partial charge in [-0.25, -0.2) is 4.98 Å². The molecule has 0 radical (unpaired) electrons. The van der Waals surface area contributed by atoms with Crippen molar-refractivity contribution in [1.82, 2.24) is 15.2 Å². The summed E-state index contributed by atoms with van der Waals surface area (Å²) in [4.78, 5) is 21.3. The molecule has 0 spiro atoms. The van der Waals surface area contributed by atoms with Crippen LogP contribution in [-0.4, -0.2) is 55.6 Å². The molecule has 1 aromatic carbocycles.